The number of benzene rings is 1. The molecule has 1 aromatic rings. The number of thioether (sulfide) groups is 1. The van der Waals surface area contributed by atoms with Crippen molar-refractivity contribution in [1.29, 1.82) is 0 Å². The summed E-state index contributed by atoms with van der Waals surface area (Å²) in [4.78, 5) is 24.6. The van der Waals surface area contributed by atoms with Gasteiger partial charge in [-0.1, -0.05) is 19.8 Å². The molecule has 1 fully saturated rings. The van der Waals surface area contributed by atoms with Crippen LogP contribution in [0.25, 0.3) is 0 Å². The Hall–Kier alpha value is -1.69. The average molecular weight is 351 g/mol. The molecule has 5 nitrogen and oxygen atoms in total. The summed E-state index contributed by atoms with van der Waals surface area (Å²) in [6, 6.07) is 7.65. The molecular weight excluding hydrogens is 326 g/mol. The van der Waals surface area contributed by atoms with Crippen LogP contribution in [0.15, 0.2) is 29.2 Å². The third kappa shape index (κ3) is 6.07. The zero-order chi connectivity index (χ0) is 17.4. The highest BCUT2D eigenvalue weighted by atomic mass is 32.2. The second-order valence-electron chi connectivity index (χ2n) is 6.06. The number of nitrogens with one attached hydrogen (secondary N) is 1. The van der Waals surface area contributed by atoms with Gasteiger partial charge in [0, 0.05) is 10.9 Å². The molecule has 0 heterocycles. The standard InChI is InChI=1S/C18H25NO4S/c1-13-5-3-4-6-16(13)19-17(20)11-23-18(21)12-24-15-9-7-14(22-2)8-10-15/h7-10,13,16H,3-6,11-12H2,1-2H3,(H,19,20)/t13-,16-/m0/s1. The molecule has 1 aliphatic rings. The third-order valence-electron chi connectivity index (χ3n) is 4.24. The van der Waals surface area contributed by atoms with E-state index in [0.717, 1.165) is 29.9 Å². The lowest BCUT2D eigenvalue weighted by molar-refractivity contribution is -0.146. The topological polar surface area (TPSA) is 64.6 Å². The number of rotatable bonds is 7. The molecule has 1 aliphatic carbocycles. The summed E-state index contributed by atoms with van der Waals surface area (Å²) in [5.41, 5.74) is 0. The summed E-state index contributed by atoms with van der Waals surface area (Å²) in [6.45, 7) is 1.95. The average Bonchev–Trinajstić information content (AvgIpc) is 2.60. The van der Waals surface area contributed by atoms with E-state index in [9.17, 15) is 9.59 Å². The molecule has 0 aromatic heterocycles. The number of ether oxygens (including phenoxy) is 2. The van der Waals surface area contributed by atoms with E-state index in [1.54, 1.807) is 7.11 Å². The van der Waals surface area contributed by atoms with E-state index in [-0.39, 0.29) is 30.3 Å². The summed E-state index contributed by atoms with van der Waals surface area (Å²) in [6.07, 6.45) is 4.52. The van der Waals surface area contributed by atoms with Gasteiger partial charge in [-0.25, -0.2) is 0 Å². The fourth-order valence-electron chi connectivity index (χ4n) is 2.78. The molecule has 0 saturated heterocycles. The van der Waals surface area contributed by atoms with Crippen molar-refractivity contribution < 1.29 is 19.1 Å². The maximum absolute atomic E-state index is 11.9. The van der Waals surface area contributed by atoms with Crippen LogP contribution in [0.5, 0.6) is 5.75 Å². The van der Waals surface area contributed by atoms with Crippen molar-refractivity contribution in [2.45, 2.75) is 43.5 Å². The van der Waals surface area contributed by atoms with E-state index in [4.69, 9.17) is 9.47 Å². The number of methoxy groups -OCH3 is 1. The van der Waals surface area contributed by atoms with Gasteiger partial charge in [-0.05, 0) is 43.0 Å². The van der Waals surface area contributed by atoms with Crippen LogP contribution in [0, 0.1) is 5.92 Å². The Labute approximate surface area is 147 Å². The van der Waals surface area contributed by atoms with Gasteiger partial charge in [-0.2, -0.15) is 0 Å². The normalized spacial score (nSPS) is 20.2. The lowest BCUT2D eigenvalue weighted by atomic mass is 9.86. The van der Waals surface area contributed by atoms with E-state index < -0.39 is 0 Å². The van der Waals surface area contributed by atoms with Gasteiger partial charge in [-0.15, -0.1) is 11.8 Å². The van der Waals surface area contributed by atoms with Crippen molar-refractivity contribution in [1.82, 2.24) is 5.32 Å². The highest BCUT2D eigenvalue weighted by Gasteiger charge is 2.23. The molecule has 1 amide bonds. The minimum Gasteiger partial charge on any atom is -0.497 e. The Balaban J connectivity index is 1.65. The van der Waals surface area contributed by atoms with E-state index >= 15 is 0 Å². The summed E-state index contributed by atoms with van der Waals surface area (Å²) in [7, 11) is 1.61. The molecule has 6 heteroatoms. The second-order valence-corrected chi connectivity index (χ2v) is 7.11. The minimum absolute atomic E-state index is 0.180. The molecule has 0 radical (unpaired) electrons. The number of carbonyl (C=O) groups excluding carboxylic acids is 2. The van der Waals surface area contributed by atoms with Gasteiger partial charge < -0.3 is 14.8 Å². The second kappa shape index (κ2) is 9.57. The molecular formula is C18H25NO4S. The molecule has 2 rings (SSSR count). The van der Waals surface area contributed by atoms with Crippen molar-refractivity contribution >= 4 is 23.6 Å². The lowest BCUT2D eigenvalue weighted by Crippen LogP contribution is -2.43. The van der Waals surface area contributed by atoms with Gasteiger partial charge in [0.15, 0.2) is 6.61 Å². The van der Waals surface area contributed by atoms with Crippen molar-refractivity contribution in [3.63, 3.8) is 0 Å². The summed E-state index contributed by atoms with van der Waals surface area (Å²) in [5.74, 6) is 0.846. The molecule has 132 valence electrons. The van der Waals surface area contributed by atoms with Crippen LogP contribution < -0.4 is 10.1 Å². The summed E-state index contributed by atoms with van der Waals surface area (Å²) in [5, 5.41) is 2.97. The van der Waals surface area contributed by atoms with Crippen LogP contribution in [0.2, 0.25) is 0 Å². The number of hydrogen-bond acceptors (Lipinski definition) is 5. The van der Waals surface area contributed by atoms with Crippen molar-refractivity contribution in [3.05, 3.63) is 24.3 Å². The van der Waals surface area contributed by atoms with Gasteiger partial charge in [0.1, 0.15) is 5.75 Å². The fourth-order valence-corrected chi connectivity index (χ4v) is 3.48. The SMILES string of the molecule is COc1ccc(SCC(=O)OCC(=O)N[C@H]2CCCC[C@@H]2C)cc1. The maximum atomic E-state index is 11.9. The van der Waals surface area contributed by atoms with Crippen LogP contribution in [0.3, 0.4) is 0 Å². The minimum atomic E-state index is -0.386. The van der Waals surface area contributed by atoms with E-state index in [2.05, 4.69) is 12.2 Å². The Morgan fingerprint density at radius 2 is 1.92 bits per heavy atom. The van der Waals surface area contributed by atoms with Crippen molar-refractivity contribution in [2.75, 3.05) is 19.5 Å². The zero-order valence-electron chi connectivity index (χ0n) is 14.2. The number of amides is 1. The molecule has 1 N–H and O–H groups in total. The highest BCUT2D eigenvalue weighted by Crippen LogP contribution is 2.23. The third-order valence-corrected chi connectivity index (χ3v) is 5.22. The first-order valence-electron chi connectivity index (χ1n) is 8.30. The van der Waals surface area contributed by atoms with Crippen LogP contribution in [0.4, 0.5) is 0 Å². The molecule has 2 atom stereocenters. The summed E-state index contributed by atoms with van der Waals surface area (Å²) < 4.78 is 10.1. The van der Waals surface area contributed by atoms with Gasteiger partial charge in [-0.3, -0.25) is 9.59 Å². The maximum Gasteiger partial charge on any atom is 0.316 e. The lowest BCUT2D eigenvalue weighted by Gasteiger charge is -2.29. The predicted octanol–water partition coefficient (Wildman–Crippen LogP) is 3.03. The van der Waals surface area contributed by atoms with Crippen LogP contribution in [-0.4, -0.2) is 37.4 Å². The first-order chi connectivity index (χ1) is 11.6. The van der Waals surface area contributed by atoms with Crippen LogP contribution >= 0.6 is 11.8 Å². The Morgan fingerprint density at radius 3 is 2.58 bits per heavy atom. The van der Waals surface area contributed by atoms with Gasteiger partial charge >= 0.3 is 5.97 Å². The van der Waals surface area contributed by atoms with E-state index in [1.807, 2.05) is 24.3 Å². The molecule has 0 unspecified atom stereocenters. The first-order valence-corrected chi connectivity index (χ1v) is 9.29. The number of hydrogen-bond donors (Lipinski definition) is 1. The molecule has 0 bridgehead atoms. The van der Waals surface area contributed by atoms with Crippen LogP contribution in [0.1, 0.15) is 32.6 Å². The monoisotopic (exact) mass is 351 g/mol. The van der Waals surface area contributed by atoms with E-state index in [1.165, 1.54) is 18.2 Å². The Bertz CT molecular complexity index is 546. The Morgan fingerprint density at radius 1 is 1.21 bits per heavy atom. The molecule has 0 aliphatic heterocycles. The summed E-state index contributed by atoms with van der Waals surface area (Å²) >= 11 is 1.37. The fraction of sp³-hybridized carbons (Fsp3) is 0.556. The van der Waals surface area contributed by atoms with Gasteiger partial charge in [0.25, 0.3) is 5.91 Å². The van der Waals surface area contributed by atoms with Crippen molar-refractivity contribution in [3.8, 4) is 5.75 Å². The smallest absolute Gasteiger partial charge is 0.316 e. The van der Waals surface area contributed by atoms with Gasteiger partial charge in [0.05, 0.1) is 12.9 Å². The van der Waals surface area contributed by atoms with Crippen LogP contribution in [-0.2, 0) is 14.3 Å². The molecule has 1 saturated carbocycles. The number of carbonyl (C=O) groups is 2. The number of esters is 1. The first kappa shape index (κ1) is 18.6. The van der Waals surface area contributed by atoms with Gasteiger partial charge in [0.2, 0.25) is 0 Å². The quantitative estimate of drug-likeness (QED) is 0.604. The molecule has 0 spiro atoms. The predicted molar refractivity (Wildman–Crippen MR) is 94.2 cm³/mol. The van der Waals surface area contributed by atoms with Crippen molar-refractivity contribution in [2.24, 2.45) is 5.92 Å². The zero-order valence-corrected chi connectivity index (χ0v) is 15.1. The highest BCUT2D eigenvalue weighted by molar-refractivity contribution is 8.00. The Kier molecular flexibility index (Phi) is 7.43. The molecule has 1 aromatic carbocycles. The molecule has 24 heavy (non-hydrogen) atoms. The largest absolute Gasteiger partial charge is 0.497 e. The van der Waals surface area contributed by atoms with E-state index in [0.29, 0.717) is 5.92 Å².